The van der Waals surface area contributed by atoms with Crippen LogP contribution in [0.1, 0.15) is 35.8 Å². The van der Waals surface area contributed by atoms with Gasteiger partial charge in [0.1, 0.15) is 7.85 Å². The van der Waals surface area contributed by atoms with Crippen LogP contribution in [0, 0.1) is 10.1 Å². The van der Waals surface area contributed by atoms with E-state index in [4.69, 9.17) is 7.85 Å². The second-order valence-electron chi connectivity index (χ2n) is 4.52. The fourth-order valence-electron chi connectivity index (χ4n) is 3.26. The van der Waals surface area contributed by atoms with E-state index in [1.54, 1.807) is 12.1 Å². The molecule has 2 atom stereocenters. The summed E-state index contributed by atoms with van der Waals surface area (Å²) in [5.41, 5.74) is 3.34. The summed E-state index contributed by atoms with van der Waals surface area (Å²) in [5, 5.41) is 11.1. The first-order chi connectivity index (χ1) is 8.11. The van der Waals surface area contributed by atoms with Crippen molar-refractivity contribution in [2.24, 2.45) is 0 Å². The molecular weight excluding hydrogens is 281 g/mol. The molecule has 84 valence electrons. The molecule has 2 aliphatic carbocycles. The van der Waals surface area contributed by atoms with Gasteiger partial charge in [-0.2, -0.15) is 0 Å². The zero-order valence-electron chi connectivity index (χ0n) is 9.02. The number of rotatable bonds is 1. The van der Waals surface area contributed by atoms with Crippen molar-refractivity contribution in [2.45, 2.75) is 24.7 Å². The smallest absolute Gasteiger partial charge is 0.258 e. The molecule has 2 radical (unpaired) electrons. The van der Waals surface area contributed by atoms with Crippen molar-refractivity contribution in [2.75, 3.05) is 0 Å². The van der Waals surface area contributed by atoms with Gasteiger partial charge in [-0.25, -0.2) is 0 Å². The SMILES string of the molecule is [B]/C(Br)=C1\C2CCC1c1c2cccc1[N+](=O)[O-]. The van der Waals surface area contributed by atoms with Gasteiger partial charge in [-0.05, 0) is 18.4 Å². The molecule has 0 amide bonds. The van der Waals surface area contributed by atoms with Crippen LogP contribution in [0.3, 0.4) is 0 Å². The van der Waals surface area contributed by atoms with E-state index in [1.165, 1.54) is 0 Å². The molecule has 2 unspecified atom stereocenters. The molecule has 1 fully saturated rings. The number of halogens is 1. The van der Waals surface area contributed by atoms with Gasteiger partial charge in [-0.1, -0.05) is 38.0 Å². The van der Waals surface area contributed by atoms with E-state index in [-0.39, 0.29) is 22.4 Å². The van der Waals surface area contributed by atoms with Crippen LogP contribution in [-0.4, -0.2) is 12.8 Å². The Bertz CT molecular complexity index is 551. The number of allylic oxidation sites excluding steroid dienone is 1. The second-order valence-corrected chi connectivity index (χ2v) is 5.38. The van der Waals surface area contributed by atoms with Crippen molar-refractivity contribution < 1.29 is 4.92 Å². The molecule has 0 spiro atoms. The van der Waals surface area contributed by atoms with Gasteiger partial charge >= 0.3 is 0 Å². The Hall–Kier alpha value is -1.10. The first-order valence-corrected chi connectivity index (χ1v) is 6.32. The number of hydrogen-bond acceptors (Lipinski definition) is 2. The van der Waals surface area contributed by atoms with E-state index in [1.807, 2.05) is 6.07 Å². The molecule has 1 aromatic carbocycles. The van der Waals surface area contributed by atoms with Crippen molar-refractivity contribution in [1.29, 1.82) is 0 Å². The van der Waals surface area contributed by atoms with Crippen molar-refractivity contribution in [3.8, 4) is 0 Å². The number of nitro benzene ring substituents is 1. The normalized spacial score (nSPS) is 28.1. The van der Waals surface area contributed by atoms with E-state index in [2.05, 4.69) is 15.9 Å². The predicted octanol–water partition coefficient (Wildman–Crippen LogP) is 3.34. The Labute approximate surface area is 109 Å². The van der Waals surface area contributed by atoms with Crippen LogP contribution >= 0.6 is 15.9 Å². The summed E-state index contributed by atoms with van der Waals surface area (Å²) in [6, 6.07) is 5.34. The van der Waals surface area contributed by atoms with Crippen molar-refractivity contribution in [1.82, 2.24) is 0 Å². The number of fused-ring (bicyclic) bond motifs is 5. The van der Waals surface area contributed by atoms with Crippen LogP contribution < -0.4 is 0 Å². The topological polar surface area (TPSA) is 43.1 Å². The van der Waals surface area contributed by atoms with Crippen molar-refractivity contribution in [3.05, 3.63) is 49.4 Å². The number of benzene rings is 1. The van der Waals surface area contributed by atoms with Gasteiger partial charge in [-0.15, -0.1) is 0 Å². The molecule has 2 aliphatic rings. The second kappa shape index (κ2) is 3.70. The summed E-state index contributed by atoms with van der Waals surface area (Å²) in [6.45, 7) is 0. The monoisotopic (exact) mass is 289 g/mol. The average molecular weight is 290 g/mol. The molecule has 0 aliphatic heterocycles. The molecule has 0 saturated heterocycles. The van der Waals surface area contributed by atoms with E-state index >= 15 is 0 Å². The molecule has 1 saturated carbocycles. The van der Waals surface area contributed by atoms with Gasteiger partial charge in [0, 0.05) is 23.5 Å². The Kier molecular flexibility index (Phi) is 2.40. The lowest BCUT2D eigenvalue weighted by Crippen LogP contribution is -2.02. The van der Waals surface area contributed by atoms with E-state index in [0.29, 0.717) is 4.38 Å². The minimum Gasteiger partial charge on any atom is -0.258 e. The zero-order chi connectivity index (χ0) is 12.2. The highest BCUT2D eigenvalue weighted by atomic mass is 79.9. The lowest BCUT2D eigenvalue weighted by molar-refractivity contribution is -0.385. The fourth-order valence-corrected chi connectivity index (χ4v) is 3.81. The third kappa shape index (κ3) is 1.41. The Balaban J connectivity index is 2.26. The zero-order valence-corrected chi connectivity index (χ0v) is 10.6. The first kappa shape index (κ1) is 11.0. The highest BCUT2D eigenvalue weighted by molar-refractivity contribution is 9.12. The van der Waals surface area contributed by atoms with Gasteiger partial charge in [0.2, 0.25) is 0 Å². The lowest BCUT2D eigenvalue weighted by atomic mass is 9.90. The fraction of sp³-hybridized carbons (Fsp3) is 0.333. The molecule has 0 heterocycles. The molecule has 3 nitrogen and oxygen atoms in total. The van der Waals surface area contributed by atoms with Gasteiger partial charge in [0.15, 0.2) is 0 Å². The van der Waals surface area contributed by atoms with Crippen molar-refractivity contribution >= 4 is 29.5 Å². The maximum atomic E-state index is 11.1. The molecule has 0 N–H and O–H groups in total. The summed E-state index contributed by atoms with van der Waals surface area (Å²) >= 11 is 3.33. The van der Waals surface area contributed by atoms with Gasteiger partial charge in [0.25, 0.3) is 5.69 Å². The summed E-state index contributed by atoms with van der Waals surface area (Å²) in [5.74, 6) is 0.408. The molecule has 17 heavy (non-hydrogen) atoms. The minimum atomic E-state index is -0.290. The Morgan fingerprint density at radius 3 is 2.76 bits per heavy atom. The largest absolute Gasteiger partial charge is 0.273 e. The highest BCUT2D eigenvalue weighted by Gasteiger charge is 2.45. The van der Waals surface area contributed by atoms with Gasteiger partial charge < -0.3 is 0 Å². The molecular formula is C12H9BBrNO2. The van der Waals surface area contributed by atoms with Crippen LogP contribution in [0.25, 0.3) is 0 Å². The van der Waals surface area contributed by atoms with Crippen molar-refractivity contribution in [3.63, 3.8) is 0 Å². The first-order valence-electron chi connectivity index (χ1n) is 5.53. The average Bonchev–Trinajstić information content (AvgIpc) is 2.84. The quantitative estimate of drug-likeness (QED) is 0.452. The van der Waals surface area contributed by atoms with E-state index in [9.17, 15) is 10.1 Å². The lowest BCUT2D eigenvalue weighted by Gasteiger charge is -2.13. The van der Waals surface area contributed by atoms with Crippen LogP contribution in [0.5, 0.6) is 0 Å². The minimum absolute atomic E-state index is 0.135. The number of hydrogen-bond donors (Lipinski definition) is 0. The third-order valence-electron chi connectivity index (χ3n) is 3.81. The van der Waals surface area contributed by atoms with E-state index < -0.39 is 0 Å². The highest BCUT2D eigenvalue weighted by Crippen LogP contribution is 2.60. The van der Waals surface area contributed by atoms with E-state index in [0.717, 1.165) is 29.5 Å². The Morgan fingerprint density at radius 1 is 1.41 bits per heavy atom. The Morgan fingerprint density at radius 2 is 2.12 bits per heavy atom. The van der Waals surface area contributed by atoms with Crippen LogP contribution in [0.15, 0.2) is 28.2 Å². The summed E-state index contributed by atoms with van der Waals surface area (Å²) in [6.07, 6.45) is 2.00. The van der Waals surface area contributed by atoms with Crippen LogP contribution in [0.4, 0.5) is 5.69 Å². The van der Waals surface area contributed by atoms with Gasteiger partial charge in [0.05, 0.1) is 4.92 Å². The summed E-state index contributed by atoms with van der Waals surface area (Å²) in [4.78, 5) is 10.8. The standard InChI is InChI=1S/C12H9BBrNO2/c13-12(14)11-7-4-5-8(11)10-6(7)2-1-3-9(10)15(16)17/h1-3,7-8H,4-5H2/b12-11-. The maximum absolute atomic E-state index is 11.1. The predicted molar refractivity (Wildman–Crippen MR) is 69.5 cm³/mol. The molecule has 1 aromatic rings. The molecule has 5 heteroatoms. The third-order valence-corrected chi connectivity index (χ3v) is 4.27. The summed E-state index contributed by atoms with van der Waals surface area (Å²) in [7, 11) is 5.85. The summed E-state index contributed by atoms with van der Waals surface area (Å²) < 4.78 is 0.649. The van der Waals surface area contributed by atoms with Gasteiger partial charge in [-0.3, -0.25) is 10.1 Å². The van der Waals surface area contributed by atoms with Crippen LogP contribution in [0.2, 0.25) is 0 Å². The maximum Gasteiger partial charge on any atom is 0.273 e. The molecule has 2 bridgehead atoms. The number of nitro groups is 1. The van der Waals surface area contributed by atoms with Crippen LogP contribution in [-0.2, 0) is 0 Å². The molecule has 0 aromatic heterocycles. The molecule has 3 rings (SSSR count). The number of nitrogens with zero attached hydrogens (tertiary/aromatic N) is 1.